The van der Waals surface area contributed by atoms with Crippen molar-refractivity contribution >= 4 is 11.4 Å². The first kappa shape index (κ1) is 23.2. The molecule has 0 radical (unpaired) electrons. The highest BCUT2D eigenvalue weighted by Gasteiger charge is 2.32. The van der Waals surface area contributed by atoms with Crippen LogP contribution in [-0.2, 0) is 4.74 Å². The van der Waals surface area contributed by atoms with Gasteiger partial charge in [0.05, 0.1) is 31.4 Å². The predicted molar refractivity (Wildman–Crippen MR) is 127 cm³/mol. The molecular formula is C26H32FN3O3. The van der Waals surface area contributed by atoms with E-state index in [-0.39, 0.29) is 24.1 Å². The van der Waals surface area contributed by atoms with E-state index in [9.17, 15) is 9.65 Å². The van der Waals surface area contributed by atoms with Gasteiger partial charge < -0.3 is 24.0 Å². The Balaban J connectivity index is 1.33. The first-order valence-electron chi connectivity index (χ1n) is 11.7. The zero-order chi connectivity index (χ0) is 23.2. The normalized spacial score (nSPS) is 21.2. The van der Waals surface area contributed by atoms with Gasteiger partial charge in [0.2, 0.25) is 0 Å². The minimum absolute atomic E-state index is 0.0984. The van der Waals surface area contributed by atoms with Crippen LogP contribution in [0.15, 0.2) is 42.5 Å². The van der Waals surface area contributed by atoms with Crippen LogP contribution < -0.4 is 19.3 Å². The molecule has 2 aliphatic rings. The number of ether oxygens (including phenoxy) is 3. The molecule has 2 saturated heterocycles. The van der Waals surface area contributed by atoms with Crippen molar-refractivity contribution < 1.29 is 18.6 Å². The molecule has 2 fully saturated rings. The number of rotatable bonds is 8. The van der Waals surface area contributed by atoms with E-state index < -0.39 is 0 Å². The van der Waals surface area contributed by atoms with E-state index in [0.29, 0.717) is 24.5 Å². The number of hydrogen-bond acceptors (Lipinski definition) is 6. The summed E-state index contributed by atoms with van der Waals surface area (Å²) in [5.41, 5.74) is 1.67. The van der Waals surface area contributed by atoms with Crippen LogP contribution in [0.3, 0.4) is 0 Å². The quantitative estimate of drug-likeness (QED) is 0.573. The maximum Gasteiger partial charge on any atom is 0.146 e. The van der Waals surface area contributed by atoms with Gasteiger partial charge in [-0.25, -0.2) is 4.39 Å². The third kappa shape index (κ3) is 5.51. The zero-order valence-corrected chi connectivity index (χ0v) is 19.4. The fourth-order valence-electron chi connectivity index (χ4n) is 4.83. The highest BCUT2D eigenvalue weighted by atomic mass is 19.1. The summed E-state index contributed by atoms with van der Waals surface area (Å²) in [5, 5.41) is 9.20. The van der Waals surface area contributed by atoms with E-state index >= 15 is 0 Å². The number of nitrogens with zero attached hydrogens (tertiary/aromatic N) is 3. The number of halogens is 1. The van der Waals surface area contributed by atoms with Gasteiger partial charge in [-0.2, -0.15) is 5.26 Å². The molecule has 0 bridgehead atoms. The minimum Gasteiger partial charge on any atom is -0.497 e. The number of benzene rings is 2. The largest absolute Gasteiger partial charge is 0.497 e. The Bertz CT molecular complexity index is 954. The summed E-state index contributed by atoms with van der Waals surface area (Å²) in [6, 6.07) is 15.5. The molecule has 4 rings (SSSR count). The molecular weight excluding hydrogens is 421 g/mol. The minimum atomic E-state index is -0.228. The van der Waals surface area contributed by atoms with Crippen molar-refractivity contribution in [3.63, 3.8) is 0 Å². The van der Waals surface area contributed by atoms with Crippen molar-refractivity contribution in [2.75, 3.05) is 43.2 Å². The smallest absolute Gasteiger partial charge is 0.146 e. The molecule has 0 spiro atoms. The van der Waals surface area contributed by atoms with Crippen LogP contribution in [-0.4, -0.2) is 51.6 Å². The van der Waals surface area contributed by atoms with Crippen LogP contribution in [0.2, 0.25) is 0 Å². The molecule has 0 N–H and O–H groups in total. The fourth-order valence-corrected chi connectivity index (χ4v) is 4.83. The molecule has 7 heteroatoms. The second-order valence-corrected chi connectivity index (χ2v) is 8.60. The predicted octanol–water partition coefficient (Wildman–Crippen LogP) is 4.78. The van der Waals surface area contributed by atoms with Gasteiger partial charge in [0.15, 0.2) is 0 Å². The zero-order valence-electron chi connectivity index (χ0n) is 19.4. The molecule has 2 aromatic rings. The second kappa shape index (κ2) is 10.8. The van der Waals surface area contributed by atoms with Crippen LogP contribution in [0, 0.1) is 17.1 Å². The average molecular weight is 454 g/mol. The Morgan fingerprint density at radius 2 is 1.79 bits per heavy atom. The molecule has 6 nitrogen and oxygen atoms in total. The van der Waals surface area contributed by atoms with E-state index in [2.05, 4.69) is 28.0 Å². The van der Waals surface area contributed by atoms with E-state index in [1.807, 2.05) is 19.1 Å². The summed E-state index contributed by atoms with van der Waals surface area (Å²) in [6.07, 6.45) is 3.29. The van der Waals surface area contributed by atoms with Gasteiger partial charge in [0, 0.05) is 56.9 Å². The lowest BCUT2D eigenvalue weighted by Crippen LogP contribution is -2.38. The van der Waals surface area contributed by atoms with Gasteiger partial charge in [-0.05, 0) is 49.7 Å². The maximum absolute atomic E-state index is 14.3. The lowest BCUT2D eigenvalue weighted by atomic mass is 10.1. The summed E-state index contributed by atoms with van der Waals surface area (Å²) in [6.45, 7) is 4.96. The third-order valence-corrected chi connectivity index (χ3v) is 6.51. The number of anilines is 2. The van der Waals surface area contributed by atoms with Crippen LogP contribution in [0.5, 0.6) is 11.5 Å². The Morgan fingerprint density at radius 3 is 2.45 bits per heavy atom. The van der Waals surface area contributed by atoms with Gasteiger partial charge in [-0.3, -0.25) is 0 Å². The molecule has 0 aromatic heterocycles. The van der Waals surface area contributed by atoms with Crippen LogP contribution in [0.4, 0.5) is 15.8 Å². The summed E-state index contributed by atoms with van der Waals surface area (Å²) < 4.78 is 31.6. The fraction of sp³-hybridized carbons (Fsp3) is 0.500. The van der Waals surface area contributed by atoms with Crippen molar-refractivity contribution in [1.29, 1.82) is 5.26 Å². The molecule has 0 unspecified atom stereocenters. The summed E-state index contributed by atoms with van der Waals surface area (Å²) in [5.74, 6) is 1.27. The topological polar surface area (TPSA) is 58.0 Å². The third-order valence-electron chi connectivity index (χ3n) is 6.51. The molecule has 2 heterocycles. The van der Waals surface area contributed by atoms with Crippen molar-refractivity contribution in [3.8, 4) is 17.6 Å². The number of hydrogen-bond donors (Lipinski definition) is 0. The SMILES string of the molecule is CCO[C@@H]1C[C@@H](CC#N)N(c2ccc(OC3CCN(c4cc(OC)ccc4F)CC3)cc2)C1. The van der Waals surface area contributed by atoms with E-state index in [0.717, 1.165) is 50.3 Å². The molecule has 0 saturated carbocycles. The lowest BCUT2D eigenvalue weighted by molar-refractivity contribution is 0.0766. The highest BCUT2D eigenvalue weighted by molar-refractivity contribution is 5.53. The standard InChI is InChI=1S/C26H32FN3O3/c1-3-32-24-16-20(10-13-28)30(18-24)19-4-6-21(7-5-19)33-22-11-14-29(15-12-22)26-17-23(31-2)8-9-25(26)27/h4-9,17,20,22,24H,3,10-12,14-16,18H2,1-2H3/t20-,24-/m1/s1. The Morgan fingerprint density at radius 1 is 1.06 bits per heavy atom. The van der Waals surface area contributed by atoms with Crippen molar-refractivity contribution in [2.24, 2.45) is 0 Å². The molecule has 33 heavy (non-hydrogen) atoms. The van der Waals surface area contributed by atoms with Gasteiger partial charge >= 0.3 is 0 Å². The van der Waals surface area contributed by atoms with Crippen molar-refractivity contribution in [1.82, 2.24) is 0 Å². The van der Waals surface area contributed by atoms with E-state index in [4.69, 9.17) is 14.2 Å². The monoisotopic (exact) mass is 453 g/mol. The van der Waals surface area contributed by atoms with Crippen LogP contribution in [0.1, 0.15) is 32.6 Å². The van der Waals surface area contributed by atoms with Crippen LogP contribution >= 0.6 is 0 Å². The van der Waals surface area contributed by atoms with Crippen molar-refractivity contribution in [3.05, 3.63) is 48.3 Å². The second-order valence-electron chi connectivity index (χ2n) is 8.60. The molecule has 2 atom stereocenters. The van der Waals surface area contributed by atoms with Gasteiger partial charge in [-0.1, -0.05) is 0 Å². The van der Waals surface area contributed by atoms with E-state index in [1.165, 1.54) is 6.07 Å². The highest BCUT2D eigenvalue weighted by Crippen LogP contribution is 2.32. The van der Waals surface area contributed by atoms with Gasteiger partial charge in [0.1, 0.15) is 23.4 Å². The molecule has 2 aromatic carbocycles. The number of methoxy groups -OCH3 is 1. The first-order valence-corrected chi connectivity index (χ1v) is 11.7. The summed E-state index contributed by atoms with van der Waals surface area (Å²) in [4.78, 5) is 4.33. The lowest BCUT2D eigenvalue weighted by Gasteiger charge is -2.34. The van der Waals surface area contributed by atoms with Crippen LogP contribution in [0.25, 0.3) is 0 Å². The maximum atomic E-state index is 14.3. The number of piperidine rings is 1. The molecule has 0 amide bonds. The van der Waals surface area contributed by atoms with Crippen molar-refractivity contribution in [2.45, 2.75) is 50.9 Å². The summed E-state index contributed by atoms with van der Waals surface area (Å²) in [7, 11) is 1.59. The summed E-state index contributed by atoms with van der Waals surface area (Å²) >= 11 is 0. The molecule has 0 aliphatic carbocycles. The Labute approximate surface area is 195 Å². The number of nitriles is 1. The van der Waals surface area contributed by atoms with E-state index in [1.54, 1.807) is 19.2 Å². The Hall–Kier alpha value is -2.98. The van der Waals surface area contributed by atoms with Gasteiger partial charge in [-0.15, -0.1) is 0 Å². The van der Waals surface area contributed by atoms with Gasteiger partial charge in [0.25, 0.3) is 0 Å². The Kier molecular flexibility index (Phi) is 7.56. The molecule has 176 valence electrons. The average Bonchev–Trinajstić information content (AvgIpc) is 3.23. The first-order chi connectivity index (χ1) is 16.1. The molecule has 2 aliphatic heterocycles.